The van der Waals surface area contributed by atoms with E-state index in [-0.39, 0.29) is 11.5 Å². The standard InChI is InChI=1S/C20H15NO2/c22-17-11-9-13-5-1-3-7-15(13)19(17)21-20-16-8-4-2-6-14(16)10-12-18(20)23/h1-12,21-23H. The first kappa shape index (κ1) is 13.5. The van der Waals surface area contributed by atoms with Gasteiger partial charge in [-0.25, -0.2) is 0 Å². The second-order valence-electron chi connectivity index (χ2n) is 5.49. The lowest BCUT2D eigenvalue weighted by Gasteiger charge is -2.15. The smallest absolute Gasteiger partial charge is 0.139 e. The lowest BCUT2D eigenvalue weighted by molar-refractivity contribution is 0.476. The van der Waals surface area contributed by atoms with Gasteiger partial charge < -0.3 is 15.5 Å². The Bertz CT molecular complexity index is 941. The number of rotatable bonds is 2. The Labute approximate surface area is 133 Å². The van der Waals surface area contributed by atoms with Gasteiger partial charge in [0.25, 0.3) is 0 Å². The van der Waals surface area contributed by atoms with Crippen LogP contribution in [0.4, 0.5) is 11.4 Å². The van der Waals surface area contributed by atoms with Gasteiger partial charge in [0.2, 0.25) is 0 Å². The molecule has 0 radical (unpaired) electrons. The van der Waals surface area contributed by atoms with Crippen LogP contribution in [0.5, 0.6) is 11.5 Å². The zero-order valence-corrected chi connectivity index (χ0v) is 12.3. The van der Waals surface area contributed by atoms with Crippen LogP contribution in [0.1, 0.15) is 0 Å². The highest BCUT2D eigenvalue weighted by molar-refractivity contribution is 6.04. The predicted molar refractivity (Wildman–Crippen MR) is 94.5 cm³/mol. The maximum absolute atomic E-state index is 10.3. The van der Waals surface area contributed by atoms with E-state index in [4.69, 9.17) is 0 Å². The molecule has 0 aliphatic heterocycles. The maximum atomic E-state index is 10.3. The SMILES string of the molecule is Oc1ccc2ccccc2c1Nc1c(O)ccc2ccccc12. The van der Waals surface area contributed by atoms with E-state index in [1.807, 2.05) is 60.7 Å². The van der Waals surface area contributed by atoms with Crippen LogP contribution in [0.3, 0.4) is 0 Å². The average molecular weight is 301 g/mol. The number of phenols is 2. The Hall–Kier alpha value is -3.20. The summed E-state index contributed by atoms with van der Waals surface area (Å²) in [5, 5.41) is 27.7. The zero-order valence-electron chi connectivity index (χ0n) is 12.3. The summed E-state index contributed by atoms with van der Waals surface area (Å²) in [5.41, 5.74) is 1.18. The second kappa shape index (κ2) is 5.21. The Morgan fingerprint density at radius 3 is 1.43 bits per heavy atom. The van der Waals surface area contributed by atoms with Gasteiger partial charge in [0.1, 0.15) is 11.5 Å². The van der Waals surface area contributed by atoms with Gasteiger partial charge >= 0.3 is 0 Å². The molecule has 0 aromatic heterocycles. The Balaban J connectivity index is 1.95. The van der Waals surface area contributed by atoms with E-state index in [0.717, 1.165) is 21.5 Å². The molecule has 0 bridgehead atoms. The summed E-state index contributed by atoms with van der Waals surface area (Å²) in [4.78, 5) is 0. The summed E-state index contributed by atoms with van der Waals surface area (Å²) in [7, 11) is 0. The minimum atomic E-state index is 0.149. The highest BCUT2D eigenvalue weighted by atomic mass is 16.3. The molecule has 23 heavy (non-hydrogen) atoms. The first-order valence-electron chi connectivity index (χ1n) is 7.42. The molecule has 4 aromatic rings. The van der Waals surface area contributed by atoms with Crippen LogP contribution in [0, 0.1) is 0 Å². The van der Waals surface area contributed by atoms with Crippen molar-refractivity contribution in [2.24, 2.45) is 0 Å². The van der Waals surface area contributed by atoms with Crippen LogP contribution in [-0.4, -0.2) is 10.2 Å². The van der Waals surface area contributed by atoms with E-state index < -0.39 is 0 Å². The molecule has 0 aliphatic rings. The van der Waals surface area contributed by atoms with Crippen LogP contribution in [0.25, 0.3) is 21.5 Å². The van der Waals surface area contributed by atoms with E-state index >= 15 is 0 Å². The van der Waals surface area contributed by atoms with Crippen LogP contribution >= 0.6 is 0 Å². The van der Waals surface area contributed by atoms with Gasteiger partial charge in [0, 0.05) is 10.8 Å². The molecule has 3 N–H and O–H groups in total. The van der Waals surface area contributed by atoms with Gasteiger partial charge in [-0.1, -0.05) is 60.7 Å². The van der Waals surface area contributed by atoms with Crippen molar-refractivity contribution in [1.29, 1.82) is 0 Å². The highest BCUT2D eigenvalue weighted by Gasteiger charge is 2.12. The van der Waals surface area contributed by atoms with E-state index in [0.29, 0.717) is 11.4 Å². The van der Waals surface area contributed by atoms with Crippen molar-refractivity contribution in [1.82, 2.24) is 0 Å². The van der Waals surface area contributed by atoms with E-state index in [1.54, 1.807) is 12.1 Å². The molecule has 0 heterocycles. The highest BCUT2D eigenvalue weighted by Crippen LogP contribution is 2.40. The second-order valence-corrected chi connectivity index (χ2v) is 5.49. The first-order chi connectivity index (χ1) is 11.2. The normalized spacial score (nSPS) is 11.0. The summed E-state index contributed by atoms with van der Waals surface area (Å²) < 4.78 is 0. The molecule has 0 amide bonds. The Kier molecular flexibility index (Phi) is 3.05. The van der Waals surface area contributed by atoms with Gasteiger partial charge in [-0.2, -0.15) is 0 Å². The van der Waals surface area contributed by atoms with Crippen LogP contribution in [0.15, 0.2) is 72.8 Å². The Morgan fingerprint density at radius 1 is 0.522 bits per heavy atom. The molecule has 0 spiro atoms. The first-order valence-corrected chi connectivity index (χ1v) is 7.42. The summed E-state index contributed by atoms with van der Waals surface area (Å²) in [6.07, 6.45) is 0. The number of fused-ring (bicyclic) bond motifs is 2. The minimum absolute atomic E-state index is 0.149. The molecular formula is C20H15NO2. The Morgan fingerprint density at radius 2 is 0.957 bits per heavy atom. The van der Waals surface area contributed by atoms with Crippen molar-refractivity contribution in [3.05, 3.63) is 72.8 Å². The third-order valence-electron chi connectivity index (χ3n) is 4.06. The van der Waals surface area contributed by atoms with Crippen molar-refractivity contribution >= 4 is 32.9 Å². The molecule has 112 valence electrons. The molecule has 0 atom stereocenters. The molecule has 0 unspecified atom stereocenters. The van der Waals surface area contributed by atoms with E-state index in [1.165, 1.54) is 0 Å². The molecule has 4 aromatic carbocycles. The third kappa shape index (κ3) is 2.23. The number of nitrogens with one attached hydrogen (secondary N) is 1. The summed E-state index contributed by atoms with van der Waals surface area (Å²) in [5.74, 6) is 0.298. The number of hydrogen-bond acceptors (Lipinski definition) is 3. The zero-order chi connectivity index (χ0) is 15.8. The summed E-state index contributed by atoms with van der Waals surface area (Å²) in [6, 6.07) is 22.7. The quantitative estimate of drug-likeness (QED) is 0.449. The maximum Gasteiger partial charge on any atom is 0.139 e. The van der Waals surface area contributed by atoms with Crippen molar-refractivity contribution < 1.29 is 10.2 Å². The topological polar surface area (TPSA) is 52.5 Å². The van der Waals surface area contributed by atoms with Gasteiger partial charge in [-0.05, 0) is 22.9 Å². The van der Waals surface area contributed by atoms with Crippen molar-refractivity contribution in [2.45, 2.75) is 0 Å². The average Bonchev–Trinajstić information content (AvgIpc) is 2.59. The van der Waals surface area contributed by atoms with Gasteiger partial charge in [-0.15, -0.1) is 0 Å². The molecule has 0 saturated heterocycles. The lowest BCUT2D eigenvalue weighted by Crippen LogP contribution is -1.94. The number of hydrogen-bond donors (Lipinski definition) is 3. The van der Waals surface area contributed by atoms with E-state index in [2.05, 4.69) is 5.32 Å². The number of phenolic OH excluding ortho intramolecular Hbond substituents is 2. The van der Waals surface area contributed by atoms with Gasteiger partial charge in [-0.3, -0.25) is 0 Å². The molecule has 4 rings (SSSR count). The third-order valence-corrected chi connectivity index (χ3v) is 4.06. The van der Waals surface area contributed by atoms with Crippen LogP contribution in [-0.2, 0) is 0 Å². The lowest BCUT2D eigenvalue weighted by atomic mass is 10.1. The molecule has 0 saturated carbocycles. The minimum Gasteiger partial charge on any atom is -0.506 e. The van der Waals surface area contributed by atoms with Crippen molar-refractivity contribution in [3.63, 3.8) is 0 Å². The van der Waals surface area contributed by atoms with E-state index in [9.17, 15) is 10.2 Å². The molecular weight excluding hydrogens is 286 g/mol. The number of anilines is 2. The fourth-order valence-electron chi connectivity index (χ4n) is 2.91. The van der Waals surface area contributed by atoms with Crippen molar-refractivity contribution in [3.8, 4) is 11.5 Å². The number of aromatic hydroxyl groups is 2. The largest absolute Gasteiger partial charge is 0.506 e. The molecule has 3 nitrogen and oxygen atoms in total. The van der Waals surface area contributed by atoms with Crippen LogP contribution < -0.4 is 5.32 Å². The van der Waals surface area contributed by atoms with Crippen LogP contribution in [0.2, 0.25) is 0 Å². The van der Waals surface area contributed by atoms with Crippen molar-refractivity contribution in [2.75, 3.05) is 5.32 Å². The number of benzene rings is 4. The van der Waals surface area contributed by atoms with Gasteiger partial charge in [0.15, 0.2) is 0 Å². The molecule has 0 fully saturated rings. The molecule has 0 aliphatic carbocycles. The summed E-state index contributed by atoms with van der Waals surface area (Å²) in [6.45, 7) is 0. The van der Waals surface area contributed by atoms with Gasteiger partial charge in [0.05, 0.1) is 11.4 Å². The monoisotopic (exact) mass is 301 g/mol. The fourth-order valence-corrected chi connectivity index (χ4v) is 2.91. The summed E-state index contributed by atoms with van der Waals surface area (Å²) >= 11 is 0. The predicted octanol–water partition coefficient (Wildman–Crippen LogP) is 5.15. The fraction of sp³-hybridized carbons (Fsp3) is 0. The molecule has 3 heteroatoms.